The number of rotatable bonds is 0. The van der Waals surface area contributed by atoms with Gasteiger partial charge in [-0.25, -0.2) is 0 Å². The van der Waals surface area contributed by atoms with Crippen LogP contribution in [-0.2, 0) is 4.79 Å². The zero-order chi connectivity index (χ0) is 7.99. The molecule has 0 atom stereocenters. The molecule has 0 heterocycles. The molecule has 0 saturated carbocycles. The molecule has 0 bridgehead atoms. The standard InChI is InChI=1S/C9H14O/c1-8(2)6-5-7(10)9(8,3)4/h5-6H,1-4H3. The fraction of sp³-hybridized carbons (Fsp3) is 0.667. The molecular weight excluding hydrogens is 124 g/mol. The Balaban J connectivity index is 3.05. The maximum Gasteiger partial charge on any atom is 0.161 e. The summed E-state index contributed by atoms with van der Waals surface area (Å²) in [5.41, 5.74) is -0.170. The third-order valence-corrected chi connectivity index (χ3v) is 2.88. The number of carbonyl (C=O) groups is 1. The first-order chi connectivity index (χ1) is 4.38. The Morgan fingerprint density at radius 2 is 1.70 bits per heavy atom. The van der Waals surface area contributed by atoms with E-state index in [1.165, 1.54) is 0 Å². The van der Waals surface area contributed by atoms with Gasteiger partial charge in [0.15, 0.2) is 5.78 Å². The SMILES string of the molecule is CC1(C)C=CC(=O)C1(C)C. The molecule has 10 heavy (non-hydrogen) atoms. The molecule has 0 amide bonds. The average Bonchev–Trinajstić information content (AvgIpc) is 1.94. The Bertz CT molecular complexity index is 197. The van der Waals surface area contributed by atoms with Gasteiger partial charge in [0.1, 0.15) is 0 Å². The number of carbonyl (C=O) groups excluding carboxylic acids is 1. The molecule has 56 valence electrons. The highest BCUT2D eigenvalue weighted by Crippen LogP contribution is 2.44. The van der Waals surface area contributed by atoms with Crippen LogP contribution in [0.5, 0.6) is 0 Å². The first kappa shape index (κ1) is 7.52. The van der Waals surface area contributed by atoms with Gasteiger partial charge in [0.25, 0.3) is 0 Å². The fourth-order valence-corrected chi connectivity index (χ4v) is 1.02. The normalized spacial score (nSPS) is 27.4. The van der Waals surface area contributed by atoms with Crippen LogP contribution >= 0.6 is 0 Å². The van der Waals surface area contributed by atoms with E-state index in [0.29, 0.717) is 0 Å². The molecule has 0 aliphatic heterocycles. The molecule has 1 heteroatoms. The molecule has 0 radical (unpaired) electrons. The van der Waals surface area contributed by atoms with Crippen molar-refractivity contribution >= 4 is 5.78 Å². The lowest BCUT2D eigenvalue weighted by atomic mass is 9.70. The highest BCUT2D eigenvalue weighted by Gasteiger charge is 2.43. The summed E-state index contributed by atoms with van der Waals surface area (Å²) in [4.78, 5) is 11.2. The van der Waals surface area contributed by atoms with Crippen LogP contribution in [0.2, 0.25) is 0 Å². The number of hydrogen-bond acceptors (Lipinski definition) is 1. The van der Waals surface area contributed by atoms with Crippen molar-refractivity contribution in [3.63, 3.8) is 0 Å². The van der Waals surface area contributed by atoms with Crippen LogP contribution in [-0.4, -0.2) is 5.78 Å². The van der Waals surface area contributed by atoms with Crippen LogP contribution in [0.3, 0.4) is 0 Å². The lowest BCUT2D eigenvalue weighted by molar-refractivity contribution is -0.124. The molecule has 1 rings (SSSR count). The van der Waals surface area contributed by atoms with Crippen molar-refractivity contribution in [2.45, 2.75) is 27.7 Å². The van der Waals surface area contributed by atoms with Crippen LogP contribution in [0.1, 0.15) is 27.7 Å². The lowest BCUT2D eigenvalue weighted by Crippen LogP contribution is -2.32. The van der Waals surface area contributed by atoms with Crippen molar-refractivity contribution in [3.8, 4) is 0 Å². The first-order valence-corrected chi connectivity index (χ1v) is 3.61. The van der Waals surface area contributed by atoms with Crippen LogP contribution < -0.4 is 0 Å². The van der Waals surface area contributed by atoms with E-state index in [2.05, 4.69) is 13.8 Å². The van der Waals surface area contributed by atoms with Crippen LogP contribution in [0.25, 0.3) is 0 Å². The average molecular weight is 138 g/mol. The second kappa shape index (κ2) is 1.71. The molecule has 1 nitrogen and oxygen atoms in total. The second-order valence-electron chi connectivity index (χ2n) is 4.04. The van der Waals surface area contributed by atoms with Crippen molar-refractivity contribution in [3.05, 3.63) is 12.2 Å². The molecule has 0 saturated heterocycles. The van der Waals surface area contributed by atoms with E-state index in [9.17, 15) is 4.79 Å². The topological polar surface area (TPSA) is 17.1 Å². The van der Waals surface area contributed by atoms with Crippen molar-refractivity contribution < 1.29 is 4.79 Å². The van der Waals surface area contributed by atoms with Gasteiger partial charge in [0, 0.05) is 5.41 Å². The number of hydrogen-bond donors (Lipinski definition) is 0. The van der Waals surface area contributed by atoms with Gasteiger partial charge in [0.2, 0.25) is 0 Å². The van der Waals surface area contributed by atoms with E-state index in [-0.39, 0.29) is 16.6 Å². The van der Waals surface area contributed by atoms with Gasteiger partial charge in [-0.15, -0.1) is 0 Å². The third kappa shape index (κ3) is 0.731. The molecule has 1 aliphatic carbocycles. The fourth-order valence-electron chi connectivity index (χ4n) is 1.02. The summed E-state index contributed by atoms with van der Waals surface area (Å²) in [6.45, 7) is 8.17. The van der Waals surface area contributed by atoms with Gasteiger partial charge >= 0.3 is 0 Å². The first-order valence-electron chi connectivity index (χ1n) is 3.61. The Hall–Kier alpha value is -0.590. The predicted octanol–water partition coefficient (Wildman–Crippen LogP) is 2.18. The van der Waals surface area contributed by atoms with Crippen molar-refractivity contribution in [1.82, 2.24) is 0 Å². The Morgan fingerprint density at radius 3 is 1.80 bits per heavy atom. The van der Waals surface area contributed by atoms with Crippen molar-refractivity contribution in [2.75, 3.05) is 0 Å². The minimum atomic E-state index is -0.201. The molecule has 0 aromatic rings. The molecule has 0 unspecified atom stereocenters. The maximum atomic E-state index is 11.2. The van der Waals surface area contributed by atoms with Gasteiger partial charge in [0.05, 0.1) is 0 Å². The van der Waals surface area contributed by atoms with Gasteiger partial charge in [-0.05, 0) is 11.5 Å². The van der Waals surface area contributed by atoms with Gasteiger partial charge < -0.3 is 0 Å². The lowest BCUT2D eigenvalue weighted by Gasteiger charge is -2.32. The smallest absolute Gasteiger partial charge is 0.161 e. The Morgan fingerprint density at radius 1 is 1.20 bits per heavy atom. The number of allylic oxidation sites excluding steroid dienone is 2. The molecule has 0 N–H and O–H groups in total. The van der Waals surface area contributed by atoms with Crippen LogP contribution in [0, 0.1) is 10.8 Å². The largest absolute Gasteiger partial charge is 0.294 e. The summed E-state index contributed by atoms with van der Waals surface area (Å²) in [7, 11) is 0. The van der Waals surface area contributed by atoms with Crippen molar-refractivity contribution in [2.24, 2.45) is 10.8 Å². The van der Waals surface area contributed by atoms with E-state index < -0.39 is 0 Å². The molecule has 0 spiro atoms. The van der Waals surface area contributed by atoms with Gasteiger partial charge in [-0.1, -0.05) is 33.8 Å². The maximum absolute atomic E-state index is 11.2. The zero-order valence-electron chi connectivity index (χ0n) is 7.06. The highest BCUT2D eigenvalue weighted by molar-refractivity contribution is 5.97. The molecular formula is C9H14O. The molecule has 1 aliphatic rings. The molecule has 0 aromatic carbocycles. The van der Waals surface area contributed by atoms with Crippen LogP contribution in [0.4, 0.5) is 0 Å². The predicted molar refractivity (Wildman–Crippen MR) is 41.7 cm³/mol. The summed E-state index contributed by atoms with van der Waals surface area (Å²) >= 11 is 0. The third-order valence-electron chi connectivity index (χ3n) is 2.88. The highest BCUT2D eigenvalue weighted by atomic mass is 16.1. The van der Waals surface area contributed by atoms with E-state index in [1.807, 2.05) is 19.9 Å². The number of ketones is 1. The summed E-state index contributed by atoms with van der Waals surface area (Å²) in [5, 5.41) is 0. The van der Waals surface area contributed by atoms with Crippen molar-refractivity contribution in [1.29, 1.82) is 0 Å². The Labute approximate surface area is 62.1 Å². The van der Waals surface area contributed by atoms with Gasteiger partial charge in [-0.3, -0.25) is 4.79 Å². The Kier molecular flexibility index (Phi) is 1.29. The van der Waals surface area contributed by atoms with E-state index in [4.69, 9.17) is 0 Å². The van der Waals surface area contributed by atoms with E-state index in [1.54, 1.807) is 6.08 Å². The van der Waals surface area contributed by atoms with Crippen LogP contribution in [0.15, 0.2) is 12.2 Å². The quantitative estimate of drug-likeness (QED) is 0.501. The van der Waals surface area contributed by atoms with Gasteiger partial charge in [-0.2, -0.15) is 0 Å². The summed E-state index contributed by atoms with van der Waals surface area (Å²) < 4.78 is 0. The molecule has 0 fully saturated rings. The second-order valence-corrected chi connectivity index (χ2v) is 4.04. The zero-order valence-corrected chi connectivity index (χ0v) is 7.06. The molecule has 0 aromatic heterocycles. The summed E-state index contributed by atoms with van der Waals surface area (Å²) in [6.07, 6.45) is 3.69. The monoisotopic (exact) mass is 138 g/mol. The minimum absolute atomic E-state index is 0.0318. The minimum Gasteiger partial charge on any atom is -0.294 e. The summed E-state index contributed by atoms with van der Waals surface area (Å²) in [5.74, 6) is 0.248. The van der Waals surface area contributed by atoms with E-state index in [0.717, 1.165) is 0 Å². The summed E-state index contributed by atoms with van der Waals surface area (Å²) in [6, 6.07) is 0. The van der Waals surface area contributed by atoms with E-state index >= 15 is 0 Å².